The van der Waals surface area contributed by atoms with Crippen molar-refractivity contribution >= 4 is 10.4 Å². The molecule has 0 aliphatic carbocycles. The molecule has 182 valence electrons. The first-order valence-corrected chi connectivity index (χ1v) is 12.6. The number of pyridine rings is 2. The molecule has 0 amide bonds. The third-order valence-electron chi connectivity index (χ3n) is 5.18. The molecule has 0 radical (unpaired) electrons. The fraction of sp³-hybridized carbons (Fsp3) is 0.583. The van der Waals surface area contributed by atoms with Crippen molar-refractivity contribution < 1.29 is 43.3 Å². The lowest BCUT2D eigenvalue weighted by atomic mass is 10.1. The first-order chi connectivity index (χ1) is 14.9. The molecule has 0 bridgehead atoms. The van der Waals surface area contributed by atoms with E-state index in [2.05, 4.69) is 76.3 Å². The van der Waals surface area contributed by atoms with Crippen LogP contribution in [0.15, 0.2) is 49.1 Å². The van der Waals surface area contributed by atoms with Gasteiger partial charge in [-0.3, -0.25) is 4.18 Å². The molecular weight excluding hydrogens is 492 g/mol. The van der Waals surface area contributed by atoms with Gasteiger partial charge in [-0.25, -0.2) is 17.6 Å². The van der Waals surface area contributed by atoms with Gasteiger partial charge in [0.05, 0.1) is 7.11 Å². The van der Waals surface area contributed by atoms with E-state index in [1.807, 2.05) is 0 Å². The number of aromatic nitrogens is 2. The van der Waals surface area contributed by atoms with E-state index >= 15 is 0 Å². The van der Waals surface area contributed by atoms with Gasteiger partial charge in [0.15, 0.2) is 24.8 Å². The van der Waals surface area contributed by atoms with Crippen LogP contribution in [0.5, 0.6) is 0 Å². The molecule has 2 aromatic heterocycles. The quantitative estimate of drug-likeness (QED) is 0.170. The zero-order valence-corrected chi connectivity index (χ0v) is 22.1. The third-order valence-corrected chi connectivity index (χ3v) is 5.59. The van der Waals surface area contributed by atoms with Crippen molar-refractivity contribution in [1.29, 1.82) is 0 Å². The highest BCUT2D eigenvalue weighted by atomic mass is 79.9. The molecule has 0 fully saturated rings. The zero-order valence-electron chi connectivity index (χ0n) is 19.7. The third kappa shape index (κ3) is 15.5. The molecule has 0 saturated heterocycles. The number of halogens is 1. The number of hydrogen-bond acceptors (Lipinski definition) is 4. The van der Waals surface area contributed by atoms with Gasteiger partial charge >= 0.3 is 0 Å². The predicted octanol–water partition coefficient (Wildman–Crippen LogP) is 1.48. The summed E-state index contributed by atoms with van der Waals surface area (Å²) in [5, 5.41) is 0. The largest absolute Gasteiger partial charge is 1.00 e. The molecule has 2 heterocycles. The van der Waals surface area contributed by atoms with Crippen LogP contribution in [0.1, 0.15) is 71.1 Å². The highest BCUT2D eigenvalue weighted by Gasteiger charge is 2.04. The minimum atomic E-state index is -4.41. The van der Waals surface area contributed by atoms with Crippen LogP contribution >= 0.6 is 0 Å². The fourth-order valence-corrected chi connectivity index (χ4v) is 3.27. The Hall–Kier alpha value is -1.35. The van der Waals surface area contributed by atoms with E-state index in [4.69, 9.17) is 0 Å². The highest BCUT2D eigenvalue weighted by Crippen LogP contribution is 2.15. The van der Waals surface area contributed by atoms with E-state index in [0.717, 1.165) is 13.7 Å². The van der Waals surface area contributed by atoms with Gasteiger partial charge < -0.3 is 21.5 Å². The van der Waals surface area contributed by atoms with Crippen molar-refractivity contribution in [2.45, 2.75) is 77.7 Å². The van der Waals surface area contributed by atoms with Crippen molar-refractivity contribution in [1.82, 2.24) is 0 Å². The van der Waals surface area contributed by atoms with Gasteiger partial charge in [-0.05, 0) is 17.5 Å². The van der Waals surface area contributed by atoms with Gasteiger partial charge in [-0.15, -0.1) is 0 Å². The minimum Gasteiger partial charge on any atom is -1.00 e. The predicted molar refractivity (Wildman–Crippen MR) is 122 cm³/mol. The van der Waals surface area contributed by atoms with E-state index in [9.17, 15) is 13.0 Å². The molecule has 2 aromatic rings. The number of unbranched alkanes of at least 4 members (excludes halogenated alkanes) is 9. The van der Waals surface area contributed by atoms with Crippen molar-refractivity contribution in [3.63, 3.8) is 0 Å². The van der Waals surface area contributed by atoms with Crippen LogP contribution in [0.3, 0.4) is 0 Å². The van der Waals surface area contributed by atoms with Crippen molar-refractivity contribution in [2.24, 2.45) is 7.05 Å². The molecule has 0 saturated carbocycles. The Morgan fingerprint density at radius 2 is 1.16 bits per heavy atom. The molecule has 0 aliphatic heterocycles. The molecule has 2 rings (SSSR count). The lowest BCUT2D eigenvalue weighted by Gasteiger charge is -2.02. The van der Waals surface area contributed by atoms with Gasteiger partial charge in [0, 0.05) is 30.7 Å². The molecule has 0 atom stereocenters. The van der Waals surface area contributed by atoms with E-state index in [-0.39, 0.29) is 17.0 Å². The van der Waals surface area contributed by atoms with Gasteiger partial charge in [-0.2, -0.15) is 0 Å². The van der Waals surface area contributed by atoms with Crippen LogP contribution in [-0.4, -0.2) is 20.1 Å². The summed E-state index contributed by atoms with van der Waals surface area (Å²) in [6.45, 7) is 3.42. The van der Waals surface area contributed by atoms with E-state index in [1.54, 1.807) is 0 Å². The monoisotopic (exact) mass is 530 g/mol. The molecule has 0 spiro atoms. The maximum absolute atomic E-state index is 9.22. The molecule has 0 N–H and O–H groups in total. The van der Waals surface area contributed by atoms with Gasteiger partial charge in [0.1, 0.15) is 13.6 Å². The Balaban J connectivity index is 0.00000121. The van der Waals surface area contributed by atoms with E-state index in [1.165, 1.54) is 75.3 Å². The summed E-state index contributed by atoms with van der Waals surface area (Å²) in [6.07, 6.45) is 22.6. The smallest absolute Gasteiger partial charge is 0.217 e. The second-order valence-corrected chi connectivity index (χ2v) is 8.98. The molecule has 0 aliphatic rings. The van der Waals surface area contributed by atoms with Crippen LogP contribution in [0, 0.1) is 0 Å². The summed E-state index contributed by atoms with van der Waals surface area (Å²) in [4.78, 5) is 0. The summed E-state index contributed by atoms with van der Waals surface area (Å²) in [6, 6.07) is 8.79. The normalized spacial score (nSPS) is 10.8. The Morgan fingerprint density at radius 3 is 1.56 bits per heavy atom. The molecule has 6 nitrogen and oxygen atoms in total. The van der Waals surface area contributed by atoms with Gasteiger partial charge in [0.2, 0.25) is 10.4 Å². The number of hydrogen-bond donors (Lipinski definition) is 0. The van der Waals surface area contributed by atoms with Crippen LogP contribution in [0.25, 0.3) is 11.1 Å². The lowest BCUT2D eigenvalue weighted by Crippen LogP contribution is -3.00. The second kappa shape index (κ2) is 18.1. The zero-order chi connectivity index (χ0) is 23.0. The first kappa shape index (κ1) is 30.6. The molecular formula is C24H39BrN2O4S. The first-order valence-electron chi connectivity index (χ1n) is 11.3. The summed E-state index contributed by atoms with van der Waals surface area (Å²) in [5.41, 5.74) is 2.57. The summed E-state index contributed by atoms with van der Waals surface area (Å²) in [7, 11) is -1.55. The average molecular weight is 532 g/mol. The number of nitrogens with zero attached hydrogens (tertiary/aromatic N) is 2. The molecule has 0 unspecified atom stereocenters. The average Bonchev–Trinajstić information content (AvgIpc) is 2.76. The van der Waals surface area contributed by atoms with Crippen molar-refractivity contribution in [3.05, 3.63) is 49.1 Å². The SMILES string of the molecule is CCCCCCCCCCCC[n+]1ccc(-c2cc[n+](C)cc2)cc1.COS(=O)(=O)[O-].[Br-]. The highest BCUT2D eigenvalue weighted by molar-refractivity contribution is 7.80. The van der Waals surface area contributed by atoms with Crippen molar-refractivity contribution in [2.75, 3.05) is 7.11 Å². The topological polar surface area (TPSA) is 74.2 Å². The van der Waals surface area contributed by atoms with E-state index in [0.29, 0.717) is 0 Å². The summed E-state index contributed by atoms with van der Waals surface area (Å²) in [5.74, 6) is 0. The van der Waals surface area contributed by atoms with E-state index < -0.39 is 10.4 Å². The van der Waals surface area contributed by atoms with Crippen LogP contribution in [0.4, 0.5) is 0 Å². The summed E-state index contributed by atoms with van der Waals surface area (Å²) >= 11 is 0. The van der Waals surface area contributed by atoms with Gasteiger partial charge in [-0.1, -0.05) is 58.3 Å². The maximum atomic E-state index is 9.22. The molecule has 0 aromatic carbocycles. The van der Waals surface area contributed by atoms with Crippen LogP contribution < -0.4 is 26.1 Å². The Kier molecular flexibility index (Phi) is 17.4. The summed E-state index contributed by atoms with van der Waals surface area (Å²) < 4.78 is 35.4. The number of aryl methyl sites for hydroxylation is 2. The lowest BCUT2D eigenvalue weighted by molar-refractivity contribution is -0.697. The number of rotatable bonds is 13. The molecule has 32 heavy (non-hydrogen) atoms. The Morgan fingerprint density at radius 1 is 0.781 bits per heavy atom. The fourth-order valence-electron chi connectivity index (χ4n) is 3.27. The van der Waals surface area contributed by atoms with Gasteiger partial charge in [0.25, 0.3) is 0 Å². The van der Waals surface area contributed by atoms with Crippen LogP contribution in [-0.2, 0) is 28.2 Å². The minimum absolute atomic E-state index is 0. The second-order valence-electron chi connectivity index (χ2n) is 7.83. The van der Waals surface area contributed by atoms with Crippen molar-refractivity contribution in [3.8, 4) is 11.1 Å². The maximum Gasteiger partial charge on any atom is 0.217 e. The Bertz CT molecular complexity index is 813. The van der Waals surface area contributed by atoms with Crippen LogP contribution in [0.2, 0.25) is 0 Å². The molecule has 8 heteroatoms. The standard InChI is InChI=1S/C23H36N2.CH4O4S.BrH/c1-3-4-5-6-7-8-9-10-11-12-17-25-20-15-23(16-21-25)22-13-18-24(2)19-14-22;1-5-6(2,3)4;/h13-16,18-21H,3-12,17H2,1-2H3;1H3,(H,2,3,4);1H/q+2;;/p-2. The Labute approximate surface area is 205 Å².